The number of anilines is 1. The van der Waals surface area contributed by atoms with Crippen molar-refractivity contribution in [1.29, 1.82) is 0 Å². The maximum atomic E-state index is 13.1. The minimum Gasteiger partial charge on any atom is -0.496 e. The van der Waals surface area contributed by atoms with Crippen molar-refractivity contribution in [2.45, 2.75) is 19.3 Å². The van der Waals surface area contributed by atoms with Gasteiger partial charge < -0.3 is 19.3 Å². The van der Waals surface area contributed by atoms with Gasteiger partial charge in [0.1, 0.15) is 17.1 Å². The van der Waals surface area contributed by atoms with Gasteiger partial charge in [-0.15, -0.1) is 5.10 Å². The molecule has 0 bridgehead atoms. The highest BCUT2D eigenvalue weighted by molar-refractivity contribution is 5.99. The van der Waals surface area contributed by atoms with Crippen LogP contribution in [0.15, 0.2) is 24.3 Å². The first-order valence-corrected chi connectivity index (χ1v) is 9.32. The zero-order valence-electron chi connectivity index (χ0n) is 15.8. The van der Waals surface area contributed by atoms with E-state index in [9.17, 15) is 4.79 Å². The van der Waals surface area contributed by atoms with Crippen molar-refractivity contribution in [3.63, 3.8) is 0 Å². The number of carbonyl (C=O) groups excluding carboxylic acids is 1. The largest absolute Gasteiger partial charge is 0.496 e. The number of methoxy groups -OCH3 is 2. The van der Waals surface area contributed by atoms with Gasteiger partial charge in [-0.2, -0.15) is 5.10 Å². The van der Waals surface area contributed by atoms with E-state index >= 15 is 0 Å². The molecule has 0 spiro atoms. The van der Waals surface area contributed by atoms with Crippen LogP contribution in [-0.2, 0) is 12.8 Å². The van der Waals surface area contributed by atoms with Gasteiger partial charge in [-0.3, -0.25) is 4.79 Å². The first kappa shape index (κ1) is 17.6. The summed E-state index contributed by atoms with van der Waals surface area (Å²) in [7, 11) is 3.13. The van der Waals surface area contributed by atoms with Crippen molar-refractivity contribution in [2.75, 3.05) is 45.3 Å². The lowest BCUT2D eigenvalue weighted by atomic mass is 10.1. The molecule has 1 aliphatic carbocycles. The second-order valence-electron chi connectivity index (χ2n) is 6.84. The number of ether oxygens (including phenoxy) is 2. The Hall–Kier alpha value is -2.83. The van der Waals surface area contributed by atoms with Crippen LogP contribution >= 0.6 is 0 Å². The average Bonchev–Trinajstić information content (AvgIpc) is 3.20. The molecule has 142 valence electrons. The fourth-order valence-corrected chi connectivity index (χ4v) is 3.83. The second kappa shape index (κ2) is 7.42. The Balaban J connectivity index is 1.47. The van der Waals surface area contributed by atoms with E-state index < -0.39 is 0 Å². The fourth-order valence-electron chi connectivity index (χ4n) is 3.83. The molecule has 2 heterocycles. The molecule has 1 aromatic heterocycles. The molecular weight excluding hydrogens is 344 g/mol. The topological polar surface area (TPSA) is 67.8 Å². The summed E-state index contributed by atoms with van der Waals surface area (Å²) in [6, 6.07) is 7.55. The molecule has 1 fully saturated rings. The number of hydrogen-bond donors (Lipinski definition) is 0. The zero-order valence-corrected chi connectivity index (χ0v) is 15.8. The van der Waals surface area contributed by atoms with Gasteiger partial charge in [0.2, 0.25) is 0 Å². The molecule has 7 heteroatoms. The summed E-state index contributed by atoms with van der Waals surface area (Å²) in [6.07, 6.45) is 3.28. The number of piperazine rings is 1. The smallest absolute Gasteiger partial charge is 0.261 e. The normalized spacial score (nSPS) is 16.2. The number of hydrogen-bond acceptors (Lipinski definition) is 6. The molecule has 0 unspecified atom stereocenters. The monoisotopic (exact) mass is 368 g/mol. The zero-order chi connectivity index (χ0) is 18.8. The maximum Gasteiger partial charge on any atom is 0.261 e. The predicted molar refractivity (Wildman–Crippen MR) is 102 cm³/mol. The summed E-state index contributed by atoms with van der Waals surface area (Å²) in [5.41, 5.74) is 2.93. The van der Waals surface area contributed by atoms with Gasteiger partial charge in [-0.1, -0.05) is 6.07 Å². The van der Waals surface area contributed by atoms with Crippen LogP contribution in [0.1, 0.15) is 28.0 Å². The minimum absolute atomic E-state index is 0.0658. The van der Waals surface area contributed by atoms with E-state index in [1.54, 1.807) is 26.4 Å². The first-order valence-electron chi connectivity index (χ1n) is 9.32. The molecule has 0 atom stereocenters. The SMILES string of the molecule is COc1cccc(OC)c1C(=O)N1CCN(c2cc3c(nn2)CCC3)CC1. The number of fused-ring (bicyclic) bond motifs is 1. The van der Waals surface area contributed by atoms with Crippen LogP contribution in [0.4, 0.5) is 5.82 Å². The molecule has 1 amide bonds. The number of rotatable bonds is 4. The highest BCUT2D eigenvalue weighted by Crippen LogP contribution is 2.30. The van der Waals surface area contributed by atoms with E-state index in [4.69, 9.17) is 9.47 Å². The quantitative estimate of drug-likeness (QED) is 0.822. The number of aryl methyl sites for hydroxylation is 2. The molecule has 7 nitrogen and oxygen atoms in total. The van der Waals surface area contributed by atoms with Crippen molar-refractivity contribution in [1.82, 2.24) is 15.1 Å². The van der Waals surface area contributed by atoms with E-state index in [2.05, 4.69) is 21.2 Å². The van der Waals surface area contributed by atoms with Crippen LogP contribution in [0.5, 0.6) is 11.5 Å². The predicted octanol–water partition coefficient (Wildman–Crippen LogP) is 1.94. The highest BCUT2D eigenvalue weighted by atomic mass is 16.5. The fraction of sp³-hybridized carbons (Fsp3) is 0.450. The molecule has 1 aromatic carbocycles. The molecule has 27 heavy (non-hydrogen) atoms. The number of aromatic nitrogens is 2. The van der Waals surface area contributed by atoms with E-state index in [0.717, 1.165) is 43.9 Å². The molecule has 0 N–H and O–H groups in total. The molecule has 2 aromatic rings. The lowest BCUT2D eigenvalue weighted by Crippen LogP contribution is -2.49. The number of amides is 1. The summed E-state index contributed by atoms with van der Waals surface area (Å²) >= 11 is 0. The van der Waals surface area contributed by atoms with Crippen LogP contribution in [0.25, 0.3) is 0 Å². The van der Waals surface area contributed by atoms with Gasteiger partial charge in [0.15, 0.2) is 5.82 Å². The van der Waals surface area contributed by atoms with Crippen molar-refractivity contribution >= 4 is 11.7 Å². The standard InChI is InChI=1S/C20H24N4O3/c1-26-16-7-4-8-17(27-2)19(16)20(25)24-11-9-23(10-12-24)18-13-14-5-3-6-15(14)21-22-18/h4,7-8,13H,3,5-6,9-12H2,1-2H3. The summed E-state index contributed by atoms with van der Waals surface area (Å²) < 4.78 is 10.8. The van der Waals surface area contributed by atoms with Gasteiger partial charge >= 0.3 is 0 Å². The Morgan fingerprint density at radius 2 is 1.70 bits per heavy atom. The Kier molecular flexibility index (Phi) is 4.83. The van der Waals surface area contributed by atoms with Crippen molar-refractivity contribution in [3.8, 4) is 11.5 Å². The van der Waals surface area contributed by atoms with E-state index in [1.807, 2.05) is 11.0 Å². The Morgan fingerprint density at radius 3 is 2.37 bits per heavy atom. The molecule has 2 aliphatic rings. The van der Waals surface area contributed by atoms with Crippen LogP contribution < -0.4 is 14.4 Å². The van der Waals surface area contributed by atoms with Crippen molar-refractivity contribution in [2.24, 2.45) is 0 Å². The van der Waals surface area contributed by atoms with E-state index in [-0.39, 0.29) is 5.91 Å². The Bertz CT molecular complexity index is 825. The van der Waals surface area contributed by atoms with E-state index in [0.29, 0.717) is 30.2 Å². The van der Waals surface area contributed by atoms with Gasteiger partial charge in [-0.25, -0.2) is 0 Å². The summed E-state index contributed by atoms with van der Waals surface area (Å²) in [5.74, 6) is 1.92. The summed E-state index contributed by atoms with van der Waals surface area (Å²) in [4.78, 5) is 17.1. The third-order valence-electron chi connectivity index (χ3n) is 5.34. The van der Waals surface area contributed by atoms with Crippen LogP contribution in [0, 0.1) is 0 Å². The van der Waals surface area contributed by atoms with Crippen LogP contribution in [0.3, 0.4) is 0 Å². The third-order valence-corrected chi connectivity index (χ3v) is 5.34. The average molecular weight is 368 g/mol. The number of benzene rings is 1. The molecule has 0 radical (unpaired) electrons. The minimum atomic E-state index is -0.0658. The Labute approximate surface area is 158 Å². The van der Waals surface area contributed by atoms with Gasteiger partial charge in [-0.05, 0) is 43.0 Å². The van der Waals surface area contributed by atoms with E-state index in [1.165, 1.54) is 5.56 Å². The summed E-state index contributed by atoms with van der Waals surface area (Å²) in [6.45, 7) is 2.71. The molecule has 1 aliphatic heterocycles. The third kappa shape index (κ3) is 3.29. The van der Waals surface area contributed by atoms with Gasteiger partial charge in [0.25, 0.3) is 5.91 Å². The second-order valence-corrected chi connectivity index (χ2v) is 6.84. The first-order chi connectivity index (χ1) is 13.2. The number of carbonyl (C=O) groups is 1. The lowest BCUT2D eigenvalue weighted by Gasteiger charge is -2.35. The molecule has 4 rings (SSSR count). The van der Waals surface area contributed by atoms with Crippen molar-refractivity contribution in [3.05, 3.63) is 41.1 Å². The van der Waals surface area contributed by atoms with Gasteiger partial charge in [0.05, 0.1) is 19.9 Å². The highest BCUT2D eigenvalue weighted by Gasteiger charge is 2.28. The van der Waals surface area contributed by atoms with Crippen LogP contribution in [0.2, 0.25) is 0 Å². The lowest BCUT2D eigenvalue weighted by molar-refractivity contribution is 0.0739. The molecular formula is C20H24N4O3. The number of nitrogens with zero attached hydrogens (tertiary/aromatic N) is 4. The summed E-state index contributed by atoms with van der Waals surface area (Å²) in [5, 5.41) is 8.77. The Morgan fingerprint density at radius 1 is 1.00 bits per heavy atom. The van der Waals surface area contributed by atoms with Gasteiger partial charge in [0, 0.05) is 26.2 Å². The van der Waals surface area contributed by atoms with Crippen LogP contribution in [-0.4, -0.2) is 61.4 Å². The van der Waals surface area contributed by atoms with Crippen molar-refractivity contribution < 1.29 is 14.3 Å². The molecule has 0 saturated carbocycles. The molecule has 1 saturated heterocycles. The maximum absolute atomic E-state index is 13.1.